The van der Waals surface area contributed by atoms with E-state index in [1.54, 1.807) is 13.8 Å². The number of H-pyrrole nitrogens is 1. The number of carbonyl (C=O) groups is 2. The number of nitrogens with zero attached hydrogens (tertiary/aromatic N) is 1. The highest BCUT2D eigenvalue weighted by Gasteiger charge is 2.32. The van der Waals surface area contributed by atoms with Crippen molar-refractivity contribution in [1.29, 1.82) is 0 Å². The largest absolute Gasteiger partial charge is 0.461 e. The lowest BCUT2D eigenvalue weighted by Crippen LogP contribution is -2.25. The first-order chi connectivity index (χ1) is 13.4. The SMILES string of the molecule is CCOC(=O)c1[nH]c(=S)n(C2CCc3c(F)cc(F)cc3C2)c1C(=O)OCC. The number of rotatable bonds is 5. The average Bonchev–Trinajstić information content (AvgIpc) is 2.99. The van der Waals surface area contributed by atoms with Crippen molar-refractivity contribution in [3.8, 4) is 0 Å². The molecular formula is C19H20F2N2O4S. The van der Waals surface area contributed by atoms with E-state index in [0.717, 1.165) is 6.07 Å². The Morgan fingerprint density at radius 1 is 1.21 bits per heavy atom. The van der Waals surface area contributed by atoms with Gasteiger partial charge in [0.05, 0.1) is 13.2 Å². The zero-order valence-electron chi connectivity index (χ0n) is 15.5. The third kappa shape index (κ3) is 3.71. The van der Waals surface area contributed by atoms with Crippen LogP contribution in [0.15, 0.2) is 12.1 Å². The van der Waals surface area contributed by atoms with Crippen LogP contribution in [0.4, 0.5) is 8.78 Å². The molecule has 1 unspecified atom stereocenters. The summed E-state index contributed by atoms with van der Waals surface area (Å²) in [5, 5.41) is 0. The summed E-state index contributed by atoms with van der Waals surface area (Å²) in [6.07, 6.45) is 1.09. The van der Waals surface area contributed by atoms with Crippen LogP contribution in [0.3, 0.4) is 0 Å². The normalized spacial score (nSPS) is 15.8. The van der Waals surface area contributed by atoms with Crippen LogP contribution in [0, 0.1) is 16.4 Å². The molecule has 1 aliphatic carbocycles. The fourth-order valence-electron chi connectivity index (χ4n) is 3.55. The molecule has 1 aromatic heterocycles. The number of halogens is 2. The van der Waals surface area contributed by atoms with Gasteiger partial charge in [-0.25, -0.2) is 18.4 Å². The lowest BCUT2D eigenvalue weighted by atomic mass is 9.87. The maximum Gasteiger partial charge on any atom is 0.357 e. The van der Waals surface area contributed by atoms with Crippen LogP contribution >= 0.6 is 12.2 Å². The van der Waals surface area contributed by atoms with Crippen molar-refractivity contribution in [1.82, 2.24) is 9.55 Å². The summed E-state index contributed by atoms with van der Waals surface area (Å²) in [4.78, 5) is 27.6. The van der Waals surface area contributed by atoms with Gasteiger partial charge < -0.3 is 19.0 Å². The fraction of sp³-hybridized carbons (Fsp3) is 0.421. The van der Waals surface area contributed by atoms with Crippen LogP contribution in [-0.4, -0.2) is 34.7 Å². The lowest BCUT2D eigenvalue weighted by molar-refractivity contribution is 0.0465. The van der Waals surface area contributed by atoms with Crippen LogP contribution in [0.1, 0.15) is 58.4 Å². The number of benzene rings is 1. The van der Waals surface area contributed by atoms with E-state index >= 15 is 0 Å². The van der Waals surface area contributed by atoms with E-state index < -0.39 is 23.6 Å². The van der Waals surface area contributed by atoms with Crippen LogP contribution in [-0.2, 0) is 22.3 Å². The van der Waals surface area contributed by atoms with Gasteiger partial charge in [0.15, 0.2) is 16.2 Å². The number of nitrogens with one attached hydrogen (secondary N) is 1. The first-order valence-corrected chi connectivity index (χ1v) is 9.43. The number of imidazole rings is 1. The Hall–Kier alpha value is -2.55. The first kappa shape index (κ1) is 20.2. The van der Waals surface area contributed by atoms with Crippen molar-refractivity contribution in [2.75, 3.05) is 13.2 Å². The van der Waals surface area contributed by atoms with Crippen molar-refractivity contribution in [2.24, 2.45) is 0 Å². The molecule has 3 rings (SSSR count). The van der Waals surface area contributed by atoms with Gasteiger partial charge in [0.2, 0.25) is 0 Å². The topological polar surface area (TPSA) is 73.3 Å². The van der Waals surface area contributed by atoms with Gasteiger partial charge in [-0.15, -0.1) is 0 Å². The second-order valence-electron chi connectivity index (χ2n) is 6.39. The third-order valence-electron chi connectivity index (χ3n) is 4.68. The monoisotopic (exact) mass is 410 g/mol. The molecule has 1 aliphatic rings. The van der Waals surface area contributed by atoms with Gasteiger partial charge in [0, 0.05) is 12.1 Å². The average molecular weight is 410 g/mol. The number of aromatic nitrogens is 2. The molecule has 0 spiro atoms. The van der Waals surface area contributed by atoms with Gasteiger partial charge in [-0.3, -0.25) is 0 Å². The molecule has 0 radical (unpaired) electrons. The smallest absolute Gasteiger partial charge is 0.357 e. The third-order valence-corrected chi connectivity index (χ3v) is 4.98. The van der Waals surface area contributed by atoms with E-state index in [2.05, 4.69) is 4.98 Å². The summed E-state index contributed by atoms with van der Waals surface area (Å²) >= 11 is 5.34. The molecule has 1 N–H and O–H groups in total. The highest BCUT2D eigenvalue weighted by molar-refractivity contribution is 7.71. The molecular weight excluding hydrogens is 390 g/mol. The van der Waals surface area contributed by atoms with Gasteiger partial charge in [-0.05, 0) is 62.5 Å². The Balaban J connectivity index is 2.07. The predicted octanol–water partition coefficient (Wildman–Crippen LogP) is 3.91. The van der Waals surface area contributed by atoms with E-state index in [9.17, 15) is 18.4 Å². The van der Waals surface area contributed by atoms with Gasteiger partial charge in [0.1, 0.15) is 11.6 Å². The summed E-state index contributed by atoms with van der Waals surface area (Å²) < 4.78 is 39.4. The fourth-order valence-corrected chi connectivity index (χ4v) is 3.90. The quantitative estimate of drug-likeness (QED) is 0.598. The Bertz CT molecular complexity index is 983. The number of hydrogen-bond acceptors (Lipinski definition) is 5. The molecule has 0 fully saturated rings. The molecule has 1 atom stereocenters. The molecule has 0 saturated heterocycles. The zero-order chi connectivity index (χ0) is 20.4. The molecule has 2 aromatic rings. The molecule has 150 valence electrons. The molecule has 0 bridgehead atoms. The van der Waals surface area contributed by atoms with Crippen LogP contribution in [0.25, 0.3) is 0 Å². The van der Waals surface area contributed by atoms with E-state index in [1.165, 1.54) is 10.6 Å². The summed E-state index contributed by atoms with van der Waals surface area (Å²) in [7, 11) is 0. The van der Waals surface area contributed by atoms with Crippen LogP contribution < -0.4 is 0 Å². The molecule has 0 aliphatic heterocycles. The Morgan fingerprint density at radius 3 is 2.57 bits per heavy atom. The van der Waals surface area contributed by atoms with Crippen LogP contribution in [0.5, 0.6) is 0 Å². The molecule has 28 heavy (non-hydrogen) atoms. The molecule has 0 saturated carbocycles. The summed E-state index contributed by atoms with van der Waals surface area (Å²) in [6, 6.07) is 1.79. The minimum absolute atomic E-state index is 0.0318. The first-order valence-electron chi connectivity index (χ1n) is 9.02. The van der Waals surface area contributed by atoms with E-state index in [-0.39, 0.29) is 41.8 Å². The maximum absolute atomic E-state index is 14.0. The molecule has 9 heteroatoms. The van der Waals surface area contributed by atoms with Gasteiger partial charge in [-0.2, -0.15) is 0 Å². The second-order valence-corrected chi connectivity index (χ2v) is 6.77. The van der Waals surface area contributed by atoms with Crippen molar-refractivity contribution < 1.29 is 27.8 Å². The number of aromatic amines is 1. The second kappa shape index (κ2) is 8.22. The molecule has 1 heterocycles. The summed E-state index contributed by atoms with van der Waals surface area (Å²) in [5.74, 6) is -2.67. The van der Waals surface area contributed by atoms with Crippen molar-refractivity contribution in [3.05, 3.63) is 51.1 Å². The Kier molecular flexibility index (Phi) is 5.93. The minimum atomic E-state index is -0.719. The summed E-state index contributed by atoms with van der Waals surface area (Å²) in [5.41, 5.74) is 0.865. The van der Waals surface area contributed by atoms with Gasteiger partial charge in [0.25, 0.3) is 0 Å². The zero-order valence-corrected chi connectivity index (χ0v) is 16.3. The molecule has 0 amide bonds. The van der Waals surface area contributed by atoms with Crippen molar-refractivity contribution in [3.63, 3.8) is 0 Å². The van der Waals surface area contributed by atoms with Crippen LogP contribution in [0.2, 0.25) is 0 Å². The predicted molar refractivity (Wildman–Crippen MR) is 98.9 cm³/mol. The Morgan fingerprint density at radius 2 is 1.89 bits per heavy atom. The number of esters is 2. The van der Waals surface area contributed by atoms with E-state index in [0.29, 0.717) is 24.0 Å². The highest BCUT2D eigenvalue weighted by Crippen LogP contribution is 2.33. The maximum atomic E-state index is 14.0. The highest BCUT2D eigenvalue weighted by atomic mass is 32.1. The minimum Gasteiger partial charge on any atom is -0.461 e. The van der Waals surface area contributed by atoms with E-state index in [4.69, 9.17) is 21.7 Å². The van der Waals surface area contributed by atoms with Crippen molar-refractivity contribution >= 4 is 24.2 Å². The summed E-state index contributed by atoms with van der Waals surface area (Å²) in [6.45, 7) is 3.54. The Labute approximate surface area is 165 Å². The van der Waals surface area contributed by atoms with Gasteiger partial charge in [-0.1, -0.05) is 0 Å². The number of fused-ring (bicyclic) bond motifs is 1. The van der Waals surface area contributed by atoms with Crippen molar-refractivity contribution in [2.45, 2.75) is 39.2 Å². The van der Waals surface area contributed by atoms with E-state index in [1.807, 2.05) is 0 Å². The molecule has 6 nitrogen and oxygen atoms in total. The number of hydrogen-bond donors (Lipinski definition) is 1. The molecule has 1 aromatic carbocycles. The lowest BCUT2D eigenvalue weighted by Gasteiger charge is -2.27. The van der Waals surface area contributed by atoms with Gasteiger partial charge >= 0.3 is 11.9 Å². The standard InChI is InChI=1S/C19H20F2N2O4S/c1-3-26-17(24)15-16(18(25)27-4-2)23(19(28)22-15)12-5-6-13-10(8-12)7-11(20)9-14(13)21/h7,9,12H,3-6,8H2,1-2H3,(H,22,28). The number of ether oxygens (including phenoxy) is 2. The number of carbonyl (C=O) groups excluding carboxylic acids is 2.